The topological polar surface area (TPSA) is 72.7 Å². The van der Waals surface area contributed by atoms with Gasteiger partial charge in [-0.05, 0) is 49.4 Å². The summed E-state index contributed by atoms with van der Waals surface area (Å²) < 4.78 is 2.15. The Bertz CT molecular complexity index is 1020. The summed E-state index contributed by atoms with van der Waals surface area (Å²) in [6.45, 7) is 0.886. The molecule has 1 amide bonds. The third kappa shape index (κ3) is 3.77. The maximum Gasteiger partial charge on any atom is 0.258 e. The van der Waals surface area contributed by atoms with Crippen LogP contribution in [0.25, 0.3) is 11.4 Å². The van der Waals surface area contributed by atoms with Gasteiger partial charge in [0.1, 0.15) is 10.9 Å². The lowest BCUT2D eigenvalue weighted by Gasteiger charge is -2.12. The summed E-state index contributed by atoms with van der Waals surface area (Å²) >= 11 is 7.91. The summed E-state index contributed by atoms with van der Waals surface area (Å²) in [4.78, 5) is 17.0. The van der Waals surface area contributed by atoms with E-state index >= 15 is 0 Å². The maximum atomic E-state index is 12.7. The van der Waals surface area contributed by atoms with E-state index in [0.717, 1.165) is 43.0 Å². The van der Waals surface area contributed by atoms with Gasteiger partial charge in [-0.1, -0.05) is 18.0 Å². The number of fused-ring (bicyclic) bond motifs is 1. The first-order chi connectivity index (χ1) is 13.7. The van der Waals surface area contributed by atoms with E-state index in [1.54, 1.807) is 30.5 Å². The van der Waals surface area contributed by atoms with Gasteiger partial charge in [0.15, 0.2) is 5.82 Å². The van der Waals surface area contributed by atoms with Crippen molar-refractivity contribution < 1.29 is 4.79 Å². The van der Waals surface area contributed by atoms with E-state index in [0.29, 0.717) is 21.3 Å². The van der Waals surface area contributed by atoms with Crippen LogP contribution in [0.15, 0.2) is 41.6 Å². The molecule has 8 heteroatoms. The number of carbonyl (C=O) groups is 1. The average molecular weight is 414 g/mol. The van der Waals surface area contributed by atoms with Gasteiger partial charge in [0.2, 0.25) is 0 Å². The van der Waals surface area contributed by atoms with Crippen LogP contribution in [0.3, 0.4) is 0 Å². The van der Waals surface area contributed by atoms with Crippen LogP contribution in [0.4, 0.5) is 5.69 Å². The number of hydrogen-bond acceptors (Lipinski definition) is 5. The smallest absolute Gasteiger partial charge is 0.258 e. The molecule has 0 saturated heterocycles. The minimum atomic E-state index is -0.203. The molecule has 3 aromatic rings. The number of rotatable bonds is 4. The van der Waals surface area contributed by atoms with Crippen LogP contribution in [-0.2, 0) is 13.0 Å². The molecule has 0 fully saturated rings. The zero-order valence-electron chi connectivity index (χ0n) is 15.5. The van der Waals surface area contributed by atoms with Crippen LogP contribution in [0, 0.1) is 0 Å². The molecule has 0 unspecified atom stereocenters. The van der Waals surface area contributed by atoms with E-state index in [9.17, 15) is 4.79 Å². The Morgan fingerprint density at radius 2 is 2.11 bits per heavy atom. The Hall–Kier alpha value is -2.38. The van der Waals surface area contributed by atoms with Crippen molar-refractivity contribution in [3.63, 3.8) is 0 Å². The number of aryl methyl sites for hydroxylation is 1. The van der Waals surface area contributed by atoms with Gasteiger partial charge < -0.3 is 9.88 Å². The van der Waals surface area contributed by atoms with Crippen molar-refractivity contribution in [1.82, 2.24) is 19.7 Å². The first-order valence-corrected chi connectivity index (χ1v) is 10.8. The summed E-state index contributed by atoms with van der Waals surface area (Å²) in [5.74, 6) is 1.55. The van der Waals surface area contributed by atoms with Gasteiger partial charge in [0.05, 0.1) is 10.6 Å². The van der Waals surface area contributed by atoms with Crippen LogP contribution < -0.4 is 5.32 Å². The van der Waals surface area contributed by atoms with E-state index in [4.69, 9.17) is 11.6 Å². The molecule has 1 N–H and O–H groups in total. The van der Waals surface area contributed by atoms with Gasteiger partial charge in [0, 0.05) is 30.4 Å². The fourth-order valence-corrected chi connectivity index (χ4v) is 4.13. The van der Waals surface area contributed by atoms with Crippen molar-refractivity contribution >= 4 is 35.0 Å². The molecule has 0 spiro atoms. The number of pyridine rings is 1. The zero-order chi connectivity index (χ0) is 19.5. The number of halogens is 1. The monoisotopic (exact) mass is 413 g/mol. The molecule has 3 heterocycles. The van der Waals surface area contributed by atoms with Crippen molar-refractivity contribution in [3.05, 3.63) is 52.9 Å². The molecule has 1 aliphatic rings. The molecule has 0 radical (unpaired) electrons. The Balaban J connectivity index is 1.65. The lowest BCUT2D eigenvalue weighted by atomic mass is 10.1. The molecule has 0 atom stereocenters. The lowest BCUT2D eigenvalue weighted by molar-refractivity contribution is 0.102. The van der Waals surface area contributed by atoms with Crippen LogP contribution in [0.5, 0.6) is 0 Å². The van der Waals surface area contributed by atoms with Crippen molar-refractivity contribution in [2.75, 3.05) is 11.6 Å². The fourth-order valence-electron chi connectivity index (χ4n) is 3.38. The number of aromatic nitrogens is 4. The second kappa shape index (κ2) is 8.32. The molecule has 144 valence electrons. The molecule has 0 aliphatic carbocycles. The van der Waals surface area contributed by atoms with Gasteiger partial charge in [-0.2, -0.15) is 0 Å². The Labute approximate surface area is 172 Å². The maximum absolute atomic E-state index is 12.7. The first kappa shape index (κ1) is 19.0. The molecule has 1 aliphatic heterocycles. The average Bonchev–Trinajstić information content (AvgIpc) is 2.97. The van der Waals surface area contributed by atoms with Gasteiger partial charge in [-0.25, -0.2) is 4.98 Å². The molecule has 28 heavy (non-hydrogen) atoms. The lowest BCUT2D eigenvalue weighted by Crippen LogP contribution is -2.13. The summed E-state index contributed by atoms with van der Waals surface area (Å²) in [5, 5.41) is 13.0. The molecular weight excluding hydrogens is 394 g/mol. The van der Waals surface area contributed by atoms with Crippen molar-refractivity contribution in [2.45, 2.75) is 37.3 Å². The zero-order valence-corrected chi connectivity index (χ0v) is 17.1. The summed E-state index contributed by atoms with van der Waals surface area (Å²) in [6.07, 6.45) is 7.93. The summed E-state index contributed by atoms with van der Waals surface area (Å²) in [6, 6.07) is 8.95. The number of nitrogens with one attached hydrogen (secondary N) is 1. The normalized spacial score (nSPS) is 13.6. The van der Waals surface area contributed by atoms with E-state index in [1.165, 1.54) is 18.2 Å². The first-order valence-electron chi connectivity index (χ1n) is 9.19. The van der Waals surface area contributed by atoms with Gasteiger partial charge >= 0.3 is 0 Å². The van der Waals surface area contributed by atoms with Crippen molar-refractivity contribution in [2.24, 2.45) is 0 Å². The number of carbonyl (C=O) groups excluding carboxylic acids is 1. The predicted octanol–water partition coefficient (Wildman–Crippen LogP) is 4.69. The molecular formula is C20H20ClN5OS. The highest BCUT2D eigenvalue weighted by Crippen LogP contribution is 2.31. The third-order valence-electron chi connectivity index (χ3n) is 4.78. The second-order valence-corrected chi connectivity index (χ2v) is 7.81. The standard InChI is InChI=1S/C20H20ClN5OS/c1-28-20-14(6-5-10-22-20)19(27)23-13-8-9-16(21)15(12-13)18-25-24-17-7-3-2-4-11-26(17)18/h5-6,8-10,12H,2-4,7,11H2,1H3,(H,23,27). The molecule has 0 saturated carbocycles. The molecule has 2 aromatic heterocycles. The van der Waals surface area contributed by atoms with E-state index in [1.807, 2.05) is 12.3 Å². The number of hydrogen-bond donors (Lipinski definition) is 1. The number of nitrogens with zero attached hydrogens (tertiary/aromatic N) is 4. The van der Waals surface area contributed by atoms with Gasteiger partial charge in [0.25, 0.3) is 5.91 Å². The number of anilines is 1. The highest BCUT2D eigenvalue weighted by Gasteiger charge is 2.19. The van der Waals surface area contributed by atoms with Crippen LogP contribution in [0.1, 0.15) is 35.4 Å². The summed E-state index contributed by atoms with van der Waals surface area (Å²) in [5.41, 5.74) is 1.98. The molecule has 6 nitrogen and oxygen atoms in total. The predicted molar refractivity (Wildman–Crippen MR) is 112 cm³/mol. The van der Waals surface area contributed by atoms with Gasteiger partial charge in [-0.15, -0.1) is 22.0 Å². The quantitative estimate of drug-likeness (QED) is 0.628. The van der Waals surface area contributed by atoms with Crippen molar-refractivity contribution in [1.29, 1.82) is 0 Å². The van der Waals surface area contributed by atoms with E-state index < -0.39 is 0 Å². The van der Waals surface area contributed by atoms with Crippen molar-refractivity contribution in [3.8, 4) is 11.4 Å². The minimum Gasteiger partial charge on any atom is -0.322 e. The van der Waals surface area contributed by atoms with Crippen LogP contribution >= 0.6 is 23.4 Å². The molecule has 1 aromatic carbocycles. The molecule has 0 bridgehead atoms. The highest BCUT2D eigenvalue weighted by atomic mass is 35.5. The number of thioether (sulfide) groups is 1. The largest absolute Gasteiger partial charge is 0.322 e. The fraction of sp³-hybridized carbons (Fsp3) is 0.300. The van der Waals surface area contributed by atoms with Crippen LogP contribution in [0.2, 0.25) is 5.02 Å². The van der Waals surface area contributed by atoms with Gasteiger partial charge in [-0.3, -0.25) is 4.79 Å². The molecule has 4 rings (SSSR count). The van der Waals surface area contributed by atoms with E-state index in [2.05, 4.69) is 25.1 Å². The Kier molecular flexibility index (Phi) is 5.64. The van der Waals surface area contributed by atoms with Crippen LogP contribution in [-0.4, -0.2) is 31.9 Å². The Morgan fingerprint density at radius 3 is 2.96 bits per heavy atom. The summed E-state index contributed by atoms with van der Waals surface area (Å²) in [7, 11) is 0. The number of amides is 1. The highest BCUT2D eigenvalue weighted by molar-refractivity contribution is 7.98. The second-order valence-electron chi connectivity index (χ2n) is 6.61. The SMILES string of the molecule is CSc1ncccc1C(=O)Nc1ccc(Cl)c(-c2nnc3n2CCCCC3)c1. The third-order valence-corrected chi connectivity index (χ3v) is 5.83. The minimum absolute atomic E-state index is 0.203. The van der Waals surface area contributed by atoms with E-state index in [-0.39, 0.29) is 5.91 Å². The Morgan fingerprint density at radius 1 is 1.21 bits per heavy atom. The number of benzene rings is 1.